The topological polar surface area (TPSA) is 124 Å². The van der Waals surface area contributed by atoms with Crippen molar-refractivity contribution in [2.24, 2.45) is 0 Å². The van der Waals surface area contributed by atoms with Crippen molar-refractivity contribution in [3.05, 3.63) is 211 Å². The smallest absolute Gasteiger partial charge is 0.105 e. The van der Waals surface area contributed by atoms with Crippen LogP contribution in [0.25, 0.3) is 0 Å². The summed E-state index contributed by atoms with van der Waals surface area (Å²) in [5, 5.41) is 30.5. The molecule has 6 aromatic rings. The van der Waals surface area contributed by atoms with Crippen molar-refractivity contribution in [3.8, 4) is 0 Å². The Labute approximate surface area is 350 Å². The first kappa shape index (κ1) is 53.1. The van der Waals surface area contributed by atoms with Crippen molar-refractivity contribution in [1.82, 2.24) is 0 Å². The number of hydrogen-bond acceptors (Lipinski definition) is 3. The summed E-state index contributed by atoms with van der Waals surface area (Å²) >= 11 is 0. The van der Waals surface area contributed by atoms with Crippen LogP contribution in [0.15, 0.2) is 133 Å². The predicted octanol–water partition coefficient (Wildman–Crippen LogP) is 11.3. The van der Waals surface area contributed by atoms with Crippen molar-refractivity contribution < 1.29 is 26.3 Å². The fourth-order valence-corrected chi connectivity index (χ4v) is 6.81. The Morgan fingerprint density at radius 2 is 0.621 bits per heavy atom. The minimum atomic E-state index is -0.776. The first-order chi connectivity index (χ1) is 27.0. The van der Waals surface area contributed by atoms with Crippen LogP contribution in [-0.2, 0) is 26.1 Å². The lowest BCUT2D eigenvalue weighted by Gasteiger charge is -2.25. The monoisotopic (exact) mass is 789 g/mol. The van der Waals surface area contributed by atoms with Gasteiger partial charge in [-0.25, -0.2) is 0 Å². The summed E-state index contributed by atoms with van der Waals surface area (Å²) in [6.45, 7) is 20.3. The Morgan fingerprint density at radius 3 is 0.828 bits per heavy atom. The van der Waals surface area contributed by atoms with E-state index in [4.69, 9.17) is 0 Å². The lowest BCUT2D eigenvalue weighted by Crippen LogP contribution is -2.13. The zero-order chi connectivity index (χ0) is 41.5. The number of rotatable bonds is 8. The zero-order valence-electron chi connectivity index (χ0n) is 36.9. The number of hydrogen-bond donors (Lipinski definition) is 3. The molecular formula is C53H72O5. The van der Waals surface area contributed by atoms with Crippen LogP contribution in [0.2, 0.25) is 0 Å². The van der Waals surface area contributed by atoms with E-state index in [0.717, 1.165) is 68.5 Å². The SMILES string of the molecule is CCC.CCC.Cc1cc(C)c(C(O)c2c(C)cc(C)c(CO)c2C)c(C)c1CO.O.O.c1ccc(Cc2ccccc2)cc1.c1ccc(Cc2ccccc2)cc1. The normalized spacial score (nSPS) is 9.76. The Kier molecular flexibility index (Phi) is 26.9. The van der Waals surface area contributed by atoms with Crippen LogP contribution in [0.3, 0.4) is 0 Å². The Balaban J connectivity index is 0.000000815. The minimum absolute atomic E-state index is 0. The van der Waals surface area contributed by atoms with Gasteiger partial charge in [0, 0.05) is 0 Å². The standard InChI is InChI=1S/C21H28O3.2C13H12.2C3H8.2H2O/c1-11-7-13(3)19(15(5)17(11)9-22)21(24)20-14(4)8-12(2)18(10-23)16(20)6;2*1-3-7-12(8-4-1)11-13-9-5-2-6-10-13;2*1-3-2;;/h7-8,21-24H,9-10H2,1-6H3;2*1-10H,11H2;2*3H2,1-2H3;2*1H2. The maximum Gasteiger partial charge on any atom is 0.105 e. The number of aliphatic hydroxyl groups is 3. The first-order valence-corrected chi connectivity index (χ1v) is 20.2. The van der Waals surface area contributed by atoms with E-state index in [0.29, 0.717) is 0 Å². The van der Waals surface area contributed by atoms with Gasteiger partial charge in [-0.2, -0.15) is 0 Å². The maximum absolute atomic E-state index is 11.2. The summed E-state index contributed by atoms with van der Waals surface area (Å²) in [4.78, 5) is 0. The summed E-state index contributed by atoms with van der Waals surface area (Å²) < 4.78 is 0. The molecule has 0 fully saturated rings. The fourth-order valence-electron chi connectivity index (χ4n) is 6.81. The van der Waals surface area contributed by atoms with E-state index < -0.39 is 6.10 Å². The molecule has 0 spiro atoms. The molecule has 0 aliphatic rings. The van der Waals surface area contributed by atoms with Gasteiger partial charge in [-0.3, -0.25) is 0 Å². The highest BCUT2D eigenvalue weighted by atomic mass is 16.3. The van der Waals surface area contributed by atoms with Crippen molar-refractivity contribution in [2.45, 2.75) is 114 Å². The molecule has 0 saturated heterocycles. The molecule has 0 aliphatic carbocycles. The Hall–Kier alpha value is -4.88. The van der Waals surface area contributed by atoms with E-state index >= 15 is 0 Å². The largest absolute Gasteiger partial charge is 0.412 e. The summed E-state index contributed by atoms with van der Waals surface area (Å²) in [5.74, 6) is 0. The average Bonchev–Trinajstić information content (AvgIpc) is 3.18. The van der Waals surface area contributed by atoms with Gasteiger partial charge in [0.2, 0.25) is 0 Å². The van der Waals surface area contributed by atoms with Crippen molar-refractivity contribution >= 4 is 0 Å². The molecule has 6 aromatic carbocycles. The van der Waals surface area contributed by atoms with Gasteiger partial charge in [0.1, 0.15) is 6.10 Å². The molecule has 0 saturated carbocycles. The number of benzene rings is 6. The molecule has 0 amide bonds. The van der Waals surface area contributed by atoms with Crippen LogP contribution in [0, 0.1) is 41.5 Å². The van der Waals surface area contributed by atoms with E-state index in [9.17, 15) is 15.3 Å². The van der Waals surface area contributed by atoms with Crippen LogP contribution in [0.1, 0.15) is 125 Å². The molecule has 7 N–H and O–H groups in total. The Morgan fingerprint density at radius 1 is 0.397 bits per heavy atom. The van der Waals surface area contributed by atoms with Crippen molar-refractivity contribution in [2.75, 3.05) is 0 Å². The molecule has 5 heteroatoms. The van der Waals surface area contributed by atoms with Gasteiger partial charge in [-0.15, -0.1) is 0 Å². The highest BCUT2D eigenvalue weighted by molar-refractivity contribution is 5.53. The summed E-state index contributed by atoms with van der Waals surface area (Å²) in [5.41, 5.74) is 14.9. The molecule has 0 unspecified atom stereocenters. The third-order valence-electron chi connectivity index (χ3n) is 9.43. The van der Waals surface area contributed by atoms with Crippen LogP contribution in [0.5, 0.6) is 0 Å². The van der Waals surface area contributed by atoms with Gasteiger partial charge < -0.3 is 26.3 Å². The third kappa shape index (κ3) is 16.9. The van der Waals surface area contributed by atoms with Gasteiger partial charge in [0.15, 0.2) is 0 Å². The third-order valence-corrected chi connectivity index (χ3v) is 9.43. The summed E-state index contributed by atoms with van der Waals surface area (Å²) in [7, 11) is 0. The van der Waals surface area contributed by atoms with Crippen LogP contribution in [0.4, 0.5) is 0 Å². The van der Waals surface area contributed by atoms with Crippen LogP contribution < -0.4 is 0 Å². The van der Waals surface area contributed by atoms with Gasteiger partial charge in [-0.1, -0.05) is 174 Å². The van der Waals surface area contributed by atoms with E-state index in [1.165, 1.54) is 35.1 Å². The van der Waals surface area contributed by atoms with Crippen LogP contribution >= 0.6 is 0 Å². The maximum atomic E-state index is 11.2. The molecule has 5 nitrogen and oxygen atoms in total. The summed E-state index contributed by atoms with van der Waals surface area (Å²) in [6, 6.07) is 46.2. The average molecular weight is 789 g/mol. The van der Waals surface area contributed by atoms with E-state index in [2.05, 4.69) is 149 Å². The molecule has 0 heterocycles. The van der Waals surface area contributed by atoms with Gasteiger partial charge >= 0.3 is 0 Å². The second kappa shape index (κ2) is 29.4. The van der Waals surface area contributed by atoms with Crippen molar-refractivity contribution in [1.29, 1.82) is 0 Å². The predicted molar refractivity (Wildman–Crippen MR) is 248 cm³/mol. The van der Waals surface area contributed by atoms with Crippen molar-refractivity contribution in [3.63, 3.8) is 0 Å². The van der Waals surface area contributed by atoms with E-state index in [1.54, 1.807) is 0 Å². The lowest BCUT2D eigenvalue weighted by molar-refractivity contribution is 0.215. The fraction of sp³-hybridized carbons (Fsp3) is 0.321. The molecular weight excluding hydrogens is 717 g/mol. The van der Waals surface area contributed by atoms with Gasteiger partial charge in [-0.05, 0) is 132 Å². The molecule has 0 aromatic heterocycles. The molecule has 0 atom stereocenters. The highest BCUT2D eigenvalue weighted by Crippen LogP contribution is 2.36. The molecule has 314 valence electrons. The van der Waals surface area contributed by atoms with Crippen LogP contribution in [-0.4, -0.2) is 26.3 Å². The second-order valence-corrected chi connectivity index (χ2v) is 14.5. The van der Waals surface area contributed by atoms with E-state index in [1.807, 2.05) is 53.7 Å². The summed E-state index contributed by atoms with van der Waals surface area (Å²) in [6.07, 6.45) is 3.78. The van der Waals surface area contributed by atoms with E-state index in [-0.39, 0.29) is 24.2 Å². The minimum Gasteiger partial charge on any atom is -0.412 e. The van der Waals surface area contributed by atoms with Gasteiger partial charge in [0.05, 0.1) is 13.2 Å². The molecule has 0 bridgehead atoms. The molecule has 6 rings (SSSR count). The molecule has 0 radical (unpaired) electrons. The molecule has 0 aliphatic heterocycles. The Bertz CT molecular complexity index is 1740. The lowest BCUT2D eigenvalue weighted by atomic mass is 9.83. The van der Waals surface area contributed by atoms with Gasteiger partial charge in [0.25, 0.3) is 0 Å². The molecule has 58 heavy (non-hydrogen) atoms. The number of aryl methyl sites for hydroxylation is 4. The second-order valence-electron chi connectivity index (χ2n) is 14.5. The quantitative estimate of drug-likeness (QED) is 0.142. The highest BCUT2D eigenvalue weighted by Gasteiger charge is 2.23. The zero-order valence-corrected chi connectivity index (χ0v) is 36.9. The first-order valence-electron chi connectivity index (χ1n) is 20.2. The number of aliphatic hydroxyl groups excluding tert-OH is 3.